The van der Waals surface area contributed by atoms with Crippen molar-refractivity contribution in [3.63, 3.8) is 0 Å². The molecule has 0 fully saturated rings. The molecular formula is C17H21IN4. The summed E-state index contributed by atoms with van der Waals surface area (Å²) in [6.07, 6.45) is 5.72. The summed E-state index contributed by atoms with van der Waals surface area (Å²) in [7, 11) is 1.84. The summed E-state index contributed by atoms with van der Waals surface area (Å²) >= 11 is 0. The van der Waals surface area contributed by atoms with Crippen molar-refractivity contribution in [2.75, 3.05) is 25.0 Å². The van der Waals surface area contributed by atoms with Crippen molar-refractivity contribution in [2.24, 2.45) is 4.99 Å². The third kappa shape index (κ3) is 3.76. The van der Waals surface area contributed by atoms with Gasteiger partial charge in [0.2, 0.25) is 0 Å². The number of hydrogen-bond donors (Lipinski definition) is 1. The first kappa shape index (κ1) is 16.7. The first-order valence-corrected chi connectivity index (χ1v) is 7.33. The third-order valence-corrected chi connectivity index (χ3v) is 3.80. The van der Waals surface area contributed by atoms with Crippen LogP contribution < -0.4 is 10.2 Å². The van der Waals surface area contributed by atoms with Crippen LogP contribution in [0.2, 0.25) is 0 Å². The maximum atomic E-state index is 4.42. The van der Waals surface area contributed by atoms with E-state index in [-0.39, 0.29) is 24.0 Å². The molecule has 5 heteroatoms. The summed E-state index contributed by atoms with van der Waals surface area (Å²) in [6, 6.07) is 12.6. The molecule has 1 N–H and O–H groups in total. The second-order valence-corrected chi connectivity index (χ2v) is 5.11. The Bertz CT molecular complexity index is 628. The molecule has 0 bridgehead atoms. The number of aliphatic imine (C=N–C) groups is 1. The summed E-state index contributed by atoms with van der Waals surface area (Å²) in [5.74, 6) is 0.953. The molecule has 4 nitrogen and oxygen atoms in total. The second-order valence-electron chi connectivity index (χ2n) is 5.11. The van der Waals surface area contributed by atoms with Gasteiger partial charge in [-0.05, 0) is 42.2 Å². The van der Waals surface area contributed by atoms with Gasteiger partial charge in [0, 0.05) is 38.2 Å². The molecule has 0 atom stereocenters. The molecule has 0 radical (unpaired) electrons. The molecule has 1 aliphatic rings. The highest BCUT2D eigenvalue weighted by atomic mass is 127. The van der Waals surface area contributed by atoms with Crippen molar-refractivity contribution in [2.45, 2.75) is 12.8 Å². The fourth-order valence-electron chi connectivity index (χ4n) is 2.72. The molecule has 2 aromatic rings. The zero-order valence-corrected chi connectivity index (χ0v) is 15.0. The Hall–Kier alpha value is -1.63. The topological polar surface area (TPSA) is 40.5 Å². The van der Waals surface area contributed by atoms with E-state index in [0.717, 1.165) is 31.9 Å². The average molecular weight is 408 g/mol. The molecule has 0 saturated heterocycles. The number of nitrogens with zero attached hydrogens (tertiary/aromatic N) is 3. The van der Waals surface area contributed by atoms with E-state index < -0.39 is 0 Å². The van der Waals surface area contributed by atoms with Crippen molar-refractivity contribution in [1.82, 2.24) is 10.3 Å². The van der Waals surface area contributed by atoms with E-state index in [9.17, 15) is 0 Å². The second kappa shape index (κ2) is 8.12. The number of fused-ring (bicyclic) bond motifs is 1. The van der Waals surface area contributed by atoms with Gasteiger partial charge < -0.3 is 10.2 Å². The van der Waals surface area contributed by atoms with Crippen molar-refractivity contribution in [3.05, 3.63) is 59.9 Å². The molecule has 1 aromatic carbocycles. The minimum absolute atomic E-state index is 0. The number of aromatic nitrogens is 1. The van der Waals surface area contributed by atoms with Crippen LogP contribution in [0.3, 0.4) is 0 Å². The fourth-order valence-corrected chi connectivity index (χ4v) is 2.72. The molecule has 116 valence electrons. The highest BCUT2D eigenvalue weighted by molar-refractivity contribution is 14.0. The highest BCUT2D eigenvalue weighted by Crippen LogP contribution is 2.27. The Balaban J connectivity index is 0.00000176. The van der Waals surface area contributed by atoms with Gasteiger partial charge in [-0.3, -0.25) is 9.98 Å². The predicted molar refractivity (Wildman–Crippen MR) is 102 cm³/mol. The molecule has 3 rings (SSSR count). The molecule has 1 aliphatic heterocycles. The monoisotopic (exact) mass is 408 g/mol. The zero-order valence-electron chi connectivity index (χ0n) is 12.7. The molecule has 0 unspecified atom stereocenters. The van der Waals surface area contributed by atoms with Crippen molar-refractivity contribution in [3.8, 4) is 0 Å². The lowest BCUT2D eigenvalue weighted by Gasteiger charge is -2.22. The summed E-state index contributed by atoms with van der Waals surface area (Å²) in [5.41, 5.74) is 3.96. The molecule has 0 aliphatic carbocycles. The number of guanidine groups is 1. The van der Waals surface area contributed by atoms with Gasteiger partial charge in [0.05, 0.1) is 0 Å². The number of halogens is 1. The average Bonchev–Trinajstić information content (AvgIpc) is 2.97. The van der Waals surface area contributed by atoms with Crippen molar-refractivity contribution in [1.29, 1.82) is 0 Å². The number of hydrogen-bond acceptors (Lipinski definition) is 2. The maximum absolute atomic E-state index is 4.42. The Kier molecular flexibility index (Phi) is 6.18. The summed E-state index contributed by atoms with van der Waals surface area (Å²) < 4.78 is 0. The minimum atomic E-state index is 0. The van der Waals surface area contributed by atoms with E-state index in [1.54, 1.807) is 0 Å². The van der Waals surface area contributed by atoms with E-state index in [1.165, 1.54) is 16.8 Å². The van der Waals surface area contributed by atoms with Gasteiger partial charge in [0.1, 0.15) is 0 Å². The lowest BCUT2D eigenvalue weighted by Crippen LogP contribution is -2.41. The van der Waals surface area contributed by atoms with Crippen LogP contribution in [0.4, 0.5) is 5.69 Å². The number of nitrogens with one attached hydrogen (secondary N) is 1. The van der Waals surface area contributed by atoms with E-state index in [4.69, 9.17) is 0 Å². The van der Waals surface area contributed by atoms with E-state index >= 15 is 0 Å². The lowest BCUT2D eigenvalue weighted by atomic mass is 10.2. The number of para-hydroxylation sites is 1. The number of anilines is 1. The minimum Gasteiger partial charge on any atom is -0.356 e. The molecular weight excluding hydrogens is 387 g/mol. The maximum Gasteiger partial charge on any atom is 0.198 e. The Morgan fingerprint density at radius 3 is 2.77 bits per heavy atom. The first-order valence-electron chi connectivity index (χ1n) is 7.33. The number of pyridine rings is 1. The van der Waals surface area contributed by atoms with Crippen LogP contribution in [0, 0.1) is 0 Å². The highest BCUT2D eigenvalue weighted by Gasteiger charge is 2.21. The van der Waals surface area contributed by atoms with Crippen LogP contribution >= 0.6 is 24.0 Å². The first-order chi connectivity index (χ1) is 10.4. The van der Waals surface area contributed by atoms with Gasteiger partial charge in [-0.1, -0.05) is 18.2 Å². The van der Waals surface area contributed by atoms with Gasteiger partial charge in [0.15, 0.2) is 5.96 Å². The largest absolute Gasteiger partial charge is 0.356 e. The summed E-state index contributed by atoms with van der Waals surface area (Å²) in [4.78, 5) is 10.7. The standard InChI is InChI=1S/C17H20N4.HI/c1-18-17(20-12-8-14-6-10-19-11-7-14)21-13-9-15-4-2-3-5-16(15)21;/h2-7,10-11H,8-9,12-13H2,1H3,(H,18,20);1H. The predicted octanol–water partition coefficient (Wildman–Crippen LogP) is 2.88. The molecule has 2 heterocycles. The van der Waals surface area contributed by atoms with Crippen LogP contribution in [-0.2, 0) is 12.8 Å². The van der Waals surface area contributed by atoms with Crippen LogP contribution in [0.5, 0.6) is 0 Å². The fraction of sp³-hybridized carbons (Fsp3) is 0.294. The van der Waals surface area contributed by atoms with Crippen LogP contribution in [0.1, 0.15) is 11.1 Å². The van der Waals surface area contributed by atoms with Crippen LogP contribution in [0.25, 0.3) is 0 Å². The number of benzene rings is 1. The van der Waals surface area contributed by atoms with Gasteiger partial charge in [-0.25, -0.2) is 0 Å². The summed E-state index contributed by atoms with van der Waals surface area (Å²) in [6.45, 7) is 1.86. The normalized spacial score (nSPS) is 13.5. The Morgan fingerprint density at radius 2 is 2.00 bits per heavy atom. The van der Waals surface area contributed by atoms with E-state index in [1.807, 2.05) is 19.4 Å². The molecule has 0 saturated carbocycles. The van der Waals surface area contributed by atoms with E-state index in [0.29, 0.717) is 0 Å². The molecule has 1 aromatic heterocycles. The van der Waals surface area contributed by atoms with Crippen molar-refractivity contribution >= 4 is 35.6 Å². The van der Waals surface area contributed by atoms with Gasteiger partial charge >= 0.3 is 0 Å². The van der Waals surface area contributed by atoms with E-state index in [2.05, 4.69) is 56.6 Å². The van der Waals surface area contributed by atoms with Gasteiger partial charge in [0.25, 0.3) is 0 Å². The van der Waals surface area contributed by atoms with Crippen LogP contribution in [-0.4, -0.2) is 31.1 Å². The van der Waals surface area contributed by atoms with Crippen molar-refractivity contribution < 1.29 is 0 Å². The molecule has 0 spiro atoms. The zero-order chi connectivity index (χ0) is 14.5. The quantitative estimate of drug-likeness (QED) is 0.483. The van der Waals surface area contributed by atoms with Gasteiger partial charge in [-0.15, -0.1) is 24.0 Å². The third-order valence-electron chi connectivity index (χ3n) is 3.80. The SMILES string of the molecule is CN=C(NCCc1ccncc1)N1CCc2ccccc21.I. The molecule has 0 amide bonds. The Morgan fingerprint density at radius 1 is 1.23 bits per heavy atom. The number of rotatable bonds is 3. The molecule has 22 heavy (non-hydrogen) atoms. The Labute approximate surface area is 148 Å². The van der Waals surface area contributed by atoms with Crippen LogP contribution in [0.15, 0.2) is 53.8 Å². The smallest absolute Gasteiger partial charge is 0.198 e. The lowest BCUT2D eigenvalue weighted by molar-refractivity contribution is 0.835. The van der Waals surface area contributed by atoms with Gasteiger partial charge in [-0.2, -0.15) is 0 Å². The summed E-state index contributed by atoms with van der Waals surface area (Å²) in [5, 5.41) is 3.46.